The van der Waals surface area contributed by atoms with E-state index in [1.165, 1.54) is 8.61 Å². The number of nitrogens with zero attached hydrogens (tertiary/aromatic N) is 2. The minimum Gasteiger partial charge on any atom is -0.480 e. The molecule has 3 fully saturated rings. The van der Waals surface area contributed by atoms with Gasteiger partial charge in [0, 0.05) is 19.6 Å². The number of ether oxygens (including phenoxy) is 1. The van der Waals surface area contributed by atoms with E-state index in [2.05, 4.69) is 0 Å². The second-order valence-electron chi connectivity index (χ2n) is 5.73. The van der Waals surface area contributed by atoms with Crippen molar-refractivity contribution in [3.05, 3.63) is 0 Å². The van der Waals surface area contributed by atoms with E-state index in [9.17, 15) is 18.3 Å². The average Bonchev–Trinajstić information content (AvgIpc) is 2.99. The van der Waals surface area contributed by atoms with Crippen LogP contribution in [0.25, 0.3) is 0 Å². The number of rotatable bonds is 3. The summed E-state index contributed by atoms with van der Waals surface area (Å²) in [6.45, 7) is 1.71. The van der Waals surface area contributed by atoms with Gasteiger partial charge in [0.25, 0.3) is 10.2 Å². The molecule has 1 saturated carbocycles. The fraction of sp³-hybridized carbons (Fsp3) is 0.917. The molecule has 1 aliphatic carbocycles. The van der Waals surface area contributed by atoms with Crippen molar-refractivity contribution < 1.29 is 23.1 Å². The van der Waals surface area contributed by atoms with Crippen LogP contribution in [0.4, 0.5) is 0 Å². The number of morpholine rings is 1. The molecule has 1 N–H and O–H groups in total. The van der Waals surface area contributed by atoms with Crippen LogP contribution < -0.4 is 0 Å². The lowest BCUT2D eigenvalue weighted by Crippen LogP contribution is -2.52. The van der Waals surface area contributed by atoms with Crippen LogP contribution in [0.15, 0.2) is 0 Å². The quantitative estimate of drug-likeness (QED) is 0.777. The highest BCUT2D eigenvalue weighted by molar-refractivity contribution is 7.86. The van der Waals surface area contributed by atoms with E-state index in [1.54, 1.807) is 0 Å². The molecule has 20 heavy (non-hydrogen) atoms. The topological polar surface area (TPSA) is 87.2 Å². The Balaban J connectivity index is 1.86. The summed E-state index contributed by atoms with van der Waals surface area (Å²) in [5, 5.41) is 9.44. The summed E-state index contributed by atoms with van der Waals surface area (Å²) >= 11 is 0. The first-order valence-electron chi connectivity index (χ1n) is 7.09. The van der Waals surface area contributed by atoms with Crippen molar-refractivity contribution in [2.45, 2.75) is 25.3 Å². The van der Waals surface area contributed by atoms with Crippen molar-refractivity contribution >= 4 is 16.2 Å². The third-order valence-corrected chi connectivity index (χ3v) is 6.68. The molecule has 114 valence electrons. The molecule has 0 aromatic rings. The first-order valence-corrected chi connectivity index (χ1v) is 8.49. The zero-order chi connectivity index (χ0) is 14.3. The molecule has 0 aromatic heterocycles. The van der Waals surface area contributed by atoms with Crippen LogP contribution in [-0.4, -0.2) is 67.0 Å². The maximum Gasteiger partial charge on any atom is 0.322 e. The van der Waals surface area contributed by atoms with Crippen LogP contribution in [-0.2, 0) is 19.7 Å². The van der Waals surface area contributed by atoms with Crippen LogP contribution in [0.2, 0.25) is 0 Å². The third-order valence-electron chi connectivity index (χ3n) is 4.69. The van der Waals surface area contributed by atoms with Gasteiger partial charge in [-0.3, -0.25) is 4.79 Å². The molecular weight excluding hydrogens is 284 g/mol. The molecular formula is C12H20N2O5S. The Hall–Kier alpha value is -0.700. The van der Waals surface area contributed by atoms with E-state index in [4.69, 9.17) is 4.74 Å². The van der Waals surface area contributed by atoms with Crippen LogP contribution in [0.5, 0.6) is 0 Å². The number of hydrogen-bond donors (Lipinski definition) is 1. The summed E-state index contributed by atoms with van der Waals surface area (Å²) in [4.78, 5) is 11.5. The summed E-state index contributed by atoms with van der Waals surface area (Å²) < 4.78 is 33.1. The monoisotopic (exact) mass is 304 g/mol. The van der Waals surface area contributed by atoms with Crippen molar-refractivity contribution in [3.63, 3.8) is 0 Å². The van der Waals surface area contributed by atoms with Crippen LogP contribution >= 0.6 is 0 Å². The fourth-order valence-electron chi connectivity index (χ4n) is 3.74. The normalized spacial score (nSPS) is 36.1. The zero-order valence-corrected chi connectivity index (χ0v) is 12.1. The molecule has 0 bridgehead atoms. The lowest BCUT2D eigenvalue weighted by Gasteiger charge is -2.32. The summed E-state index contributed by atoms with van der Waals surface area (Å²) in [7, 11) is -3.69. The number of fused-ring (bicyclic) bond motifs is 1. The molecule has 2 aliphatic heterocycles. The molecule has 0 spiro atoms. The third kappa shape index (κ3) is 2.24. The molecule has 3 atom stereocenters. The Labute approximate surface area is 118 Å². The van der Waals surface area contributed by atoms with Crippen molar-refractivity contribution in [3.8, 4) is 0 Å². The number of aliphatic carboxylic acids is 1. The lowest BCUT2D eigenvalue weighted by atomic mass is 9.94. The highest BCUT2D eigenvalue weighted by atomic mass is 32.2. The van der Waals surface area contributed by atoms with Gasteiger partial charge in [-0.15, -0.1) is 0 Å². The standard InChI is InChI=1S/C12H20N2O5S/c15-12(16)11-10-3-1-2-9(10)8-14(11)20(17,18)13-4-6-19-7-5-13/h9-11H,1-8H2,(H,15,16). The Kier molecular flexibility index (Phi) is 3.74. The molecule has 3 rings (SSSR count). The van der Waals surface area contributed by atoms with E-state index in [0.29, 0.717) is 32.8 Å². The highest BCUT2D eigenvalue weighted by Crippen LogP contribution is 2.43. The smallest absolute Gasteiger partial charge is 0.322 e. The summed E-state index contributed by atoms with van der Waals surface area (Å²) in [5.74, 6) is -0.841. The van der Waals surface area contributed by atoms with Crippen LogP contribution in [0.3, 0.4) is 0 Å². The van der Waals surface area contributed by atoms with Crippen LogP contribution in [0, 0.1) is 11.8 Å². The Bertz CT molecular complexity index is 488. The van der Waals surface area contributed by atoms with Crippen LogP contribution in [0.1, 0.15) is 19.3 Å². The molecule has 0 radical (unpaired) electrons. The van der Waals surface area contributed by atoms with Crippen molar-refractivity contribution in [1.82, 2.24) is 8.61 Å². The van der Waals surface area contributed by atoms with Crippen molar-refractivity contribution in [2.75, 3.05) is 32.8 Å². The Morgan fingerprint density at radius 1 is 1.20 bits per heavy atom. The van der Waals surface area contributed by atoms with E-state index in [1.807, 2.05) is 0 Å². The zero-order valence-electron chi connectivity index (χ0n) is 11.3. The molecule has 7 nitrogen and oxygen atoms in total. The highest BCUT2D eigenvalue weighted by Gasteiger charge is 2.53. The van der Waals surface area contributed by atoms with E-state index >= 15 is 0 Å². The molecule has 3 unspecified atom stereocenters. The van der Waals surface area contributed by atoms with Gasteiger partial charge in [-0.05, 0) is 24.7 Å². The molecule has 0 aromatic carbocycles. The average molecular weight is 304 g/mol. The number of carbonyl (C=O) groups is 1. The van der Waals surface area contributed by atoms with Gasteiger partial charge in [0.15, 0.2) is 0 Å². The Morgan fingerprint density at radius 2 is 1.90 bits per heavy atom. The van der Waals surface area contributed by atoms with Gasteiger partial charge in [-0.1, -0.05) is 6.42 Å². The molecule has 2 saturated heterocycles. The maximum absolute atomic E-state index is 12.7. The van der Waals surface area contributed by atoms with Gasteiger partial charge in [0.1, 0.15) is 6.04 Å². The molecule has 8 heteroatoms. The Morgan fingerprint density at radius 3 is 2.55 bits per heavy atom. The fourth-order valence-corrected chi connectivity index (χ4v) is 5.56. The first kappa shape index (κ1) is 14.2. The van der Waals surface area contributed by atoms with Gasteiger partial charge in [0.05, 0.1) is 13.2 Å². The lowest BCUT2D eigenvalue weighted by molar-refractivity contribution is -0.142. The number of carboxylic acids is 1. The van der Waals surface area contributed by atoms with E-state index < -0.39 is 22.2 Å². The minimum absolute atomic E-state index is 0.0247. The van der Waals surface area contributed by atoms with E-state index in [0.717, 1.165) is 19.3 Å². The SMILES string of the molecule is O=C(O)C1C2CCCC2CN1S(=O)(=O)N1CCOCC1. The summed E-state index contributed by atoms with van der Waals surface area (Å²) in [6.07, 6.45) is 2.75. The van der Waals surface area contributed by atoms with Gasteiger partial charge >= 0.3 is 5.97 Å². The molecule has 2 heterocycles. The van der Waals surface area contributed by atoms with Gasteiger partial charge in [0.2, 0.25) is 0 Å². The van der Waals surface area contributed by atoms with Gasteiger partial charge in [-0.2, -0.15) is 17.0 Å². The molecule has 0 amide bonds. The summed E-state index contributed by atoms with van der Waals surface area (Å²) in [6, 6.07) is -0.893. The largest absolute Gasteiger partial charge is 0.480 e. The number of carboxylic acid groups (broad SMARTS) is 1. The summed E-state index contributed by atoms with van der Waals surface area (Å²) in [5.41, 5.74) is 0. The maximum atomic E-state index is 12.7. The second kappa shape index (κ2) is 5.25. The molecule has 3 aliphatic rings. The first-order chi connectivity index (χ1) is 9.51. The van der Waals surface area contributed by atoms with Gasteiger partial charge < -0.3 is 9.84 Å². The van der Waals surface area contributed by atoms with Gasteiger partial charge in [-0.25, -0.2) is 0 Å². The van der Waals surface area contributed by atoms with Crippen molar-refractivity contribution in [1.29, 1.82) is 0 Å². The minimum atomic E-state index is -3.69. The predicted octanol–water partition coefficient (Wildman–Crippen LogP) is -0.251. The predicted molar refractivity (Wildman–Crippen MR) is 70.3 cm³/mol. The van der Waals surface area contributed by atoms with Crippen molar-refractivity contribution in [2.24, 2.45) is 11.8 Å². The second-order valence-corrected chi connectivity index (χ2v) is 7.61. The van der Waals surface area contributed by atoms with E-state index in [-0.39, 0.29) is 11.8 Å². The number of hydrogen-bond acceptors (Lipinski definition) is 4.